The van der Waals surface area contributed by atoms with Crippen molar-refractivity contribution >= 4 is 11.8 Å². The van der Waals surface area contributed by atoms with Crippen LogP contribution in [0.3, 0.4) is 0 Å². The molecular weight excluding hydrogens is 268 g/mol. The first kappa shape index (κ1) is 17.2. The van der Waals surface area contributed by atoms with Gasteiger partial charge in [0.2, 0.25) is 5.91 Å². The van der Waals surface area contributed by atoms with Gasteiger partial charge in [0, 0.05) is 18.7 Å². The quantitative estimate of drug-likeness (QED) is 0.795. The van der Waals surface area contributed by atoms with E-state index in [4.69, 9.17) is 5.11 Å². The predicted molar refractivity (Wildman–Crippen MR) is 81.9 cm³/mol. The van der Waals surface area contributed by atoms with Gasteiger partial charge in [-0.15, -0.1) is 0 Å². The Morgan fingerprint density at radius 1 is 1.24 bits per heavy atom. The predicted octanol–water partition coefficient (Wildman–Crippen LogP) is 1.28. The first-order chi connectivity index (χ1) is 10.0. The standard InChI is InChI=1S/C16H24N2O3/c1-4-18(10-11-19)16(21)14(12(2)3)17-15(20)13-8-6-5-7-9-13/h5-9,12,14,19H,4,10-11H2,1-3H3,(H,17,20). The zero-order valence-electron chi connectivity index (χ0n) is 12.9. The molecular formula is C16H24N2O3. The minimum atomic E-state index is -0.593. The lowest BCUT2D eigenvalue weighted by Gasteiger charge is -2.28. The number of likely N-dealkylation sites (N-methyl/N-ethyl adjacent to an activating group) is 1. The Labute approximate surface area is 126 Å². The zero-order valence-corrected chi connectivity index (χ0v) is 12.9. The molecule has 5 nitrogen and oxygen atoms in total. The van der Waals surface area contributed by atoms with Gasteiger partial charge in [-0.05, 0) is 25.0 Å². The molecule has 0 saturated carbocycles. The van der Waals surface area contributed by atoms with Crippen LogP contribution in [0.15, 0.2) is 30.3 Å². The fourth-order valence-electron chi connectivity index (χ4n) is 2.07. The van der Waals surface area contributed by atoms with Crippen LogP contribution in [-0.4, -0.2) is 47.6 Å². The van der Waals surface area contributed by atoms with Crippen molar-refractivity contribution in [3.63, 3.8) is 0 Å². The van der Waals surface area contributed by atoms with E-state index in [1.54, 1.807) is 29.2 Å². The van der Waals surface area contributed by atoms with E-state index in [9.17, 15) is 9.59 Å². The summed E-state index contributed by atoms with van der Waals surface area (Å²) in [6.07, 6.45) is 0. The summed E-state index contributed by atoms with van der Waals surface area (Å²) in [5, 5.41) is 11.8. The topological polar surface area (TPSA) is 69.6 Å². The van der Waals surface area contributed by atoms with E-state index in [1.165, 1.54) is 0 Å². The number of rotatable bonds is 7. The summed E-state index contributed by atoms with van der Waals surface area (Å²) in [6, 6.07) is 8.23. The van der Waals surface area contributed by atoms with Crippen molar-refractivity contribution < 1.29 is 14.7 Å². The third-order valence-corrected chi connectivity index (χ3v) is 3.32. The molecule has 0 aliphatic rings. The molecule has 116 valence electrons. The maximum atomic E-state index is 12.5. The van der Waals surface area contributed by atoms with Crippen molar-refractivity contribution in [3.05, 3.63) is 35.9 Å². The third-order valence-electron chi connectivity index (χ3n) is 3.32. The summed E-state index contributed by atoms with van der Waals surface area (Å²) >= 11 is 0. The van der Waals surface area contributed by atoms with Crippen LogP contribution in [0.4, 0.5) is 0 Å². The molecule has 0 aromatic heterocycles. The van der Waals surface area contributed by atoms with Crippen LogP contribution in [0.5, 0.6) is 0 Å². The molecule has 2 amide bonds. The number of nitrogens with one attached hydrogen (secondary N) is 1. The van der Waals surface area contributed by atoms with E-state index in [-0.39, 0.29) is 30.9 Å². The molecule has 1 rings (SSSR count). The molecule has 5 heteroatoms. The number of amides is 2. The van der Waals surface area contributed by atoms with Gasteiger partial charge < -0.3 is 15.3 Å². The van der Waals surface area contributed by atoms with Gasteiger partial charge in [-0.1, -0.05) is 32.0 Å². The second kappa shape index (κ2) is 8.42. The zero-order chi connectivity index (χ0) is 15.8. The number of hydrogen-bond donors (Lipinski definition) is 2. The van der Waals surface area contributed by atoms with Crippen molar-refractivity contribution in [2.75, 3.05) is 19.7 Å². The monoisotopic (exact) mass is 292 g/mol. The first-order valence-electron chi connectivity index (χ1n) is 7.26. The Hall–Kier alpha value is -1.88. The van der Waals surface area contributed by atoms with Gasteiger partial charge in [0.15, 0.2) is 0 Å². The number of aliphatic hydroxyl groups is 1. The Balaban J connectivity index is 2.82. The first-order valence-corrected chi connectivity index (χ1v) is 7.26. The van der Waals surface area contributed by atoms with Crippen LogP contribution in [-0.2, 0) is 4.79 Å². The molecule has 0 saturated heterocycles. The second-order valence-electron chi connectivity index (χ2n) is 5.20. The van der Waals surface area contributed by atoms with Crippen LogP contribution < -0.4 is 5.32 Å². The molecule has 0 radical (unpaired) electrons. The van der Waals surface area contributed by atoms with E-state index in [0.29, 0.717) is 12.1 Å². The Bertz CT molecular complexity index is 460. The van der Waals surface area contributed by atoms with E-state index >= 15 is 0 Å². The van der Waals surface area contributed by atoms with Gasteiger partial charge in [0.25, 0.3) is 5.91 Å². The van der Waals surface area contributed by atoms with Gasteiger partial charge in [-0.2, -0.15) is 0 Å². The van der Waals surface area contributed by atoms with Crippen LogP contribution in [0, 0.1) is 5.92 Å². The summed E-state index contributed by atoms with van der Waals surface area (Å²) in [5.41, 5.74) is 0.529. The van der Waals surface area contributed by atoms with Gasteiger partial charge in [0.05, 0.1) is 6.61 Å². The summed E-state index contributed by atoms with van der Waals surface area (Å²) < 4.78 is 0. The number of aliphatic hydroxyl groups excluding tert-OH is 1. The minimum absolute atomic E-state index is 0.0297. The molecule has 0 heterocycles. The van der Waals surface area contributed by atoms with Crippen molar-refractivity contribution in [1.82, 2.24) is 10.2 Å². The Morgan fingerprint density at radius 2 is 1.86 bits per heavy atom. The lowest BCUT2D eigenvalue weighted by molar-refractivity contribution is -0.134. The van der Waals surface area contributed by atoms with E-state index in [1.807, 2.05) is 26.8 Å². The number of carbonyl (C=O) groups is 2. The van der Waals surface area contributed by atoms with Gasteiger partial charge >= 0.3 is 0 Å². The normalized spacial score (nSPS) is 12.0. The maximum absolute atomic E-state index is 12.5. The molecule has 1 unspecified atom stereocenters. The van der Waals surface area contributed by atoms with Crippen LogP contribution >= 0.6 is 0 Å². The Morgan fingerprint density at radius 3 is 2.33 bits per heavy atom. The van der Waals surface area contributed by atoms with Gasteiger partial charge in [-0.3, -0.25) is 9.59 Å². The maximum Gasteiger partial charge on any atom is 0.251 e. The lowest BCUT2D eigenvalue weighted by atomic mass is 10.0. The SMILES string of the molecule is CCN(CCO)C(=O)C(NC(=O)c1ccccc1)C(C)C. The van der Waals surface area contributed by atoms with E-state index < -0.39 is 6.04 Å². The van der Waals surface area contributed by atoms with E-state index in [2.05, 4.69) is 5.32 Å². The van der Waals surface area contributed by atoms with Crippen LogP contribution in [0.2, 0.25) is 0 Å². The van der Waals surface area contributed by atoms with Crippen LogP contribution in [0.1, 0.15) is 31.1 Å². The van der Waals surface area contributed by atoms with Crippen molar-refractivity contribution in [2.24, 2.45) is 5.92 Å². The number of nitrogens with zero attached hydrogens (tertiary/aromatic N) is 1. The average Bonchev–Trinajstić information content (AvgIpc) is 2.49. The molecule has 21 heavy (non-hydrogen) atoms. The molecule has 0 aliphatic heterocycles. The number of hydrogen-bond acceptors (Lipinski definition) is 3. The fraction of sp³-hybridized carbons (Fsp3) is 0.500. The van der Waals surface area contributed by atoms with Gasteiger partial charge in [-0.25, -0.2) is 0 Å². The molecule has 1 atom stereocenters. The highest BCUT2D eigenvalue weighted by molar-refractivity contribution is 5.97. The molecule has 0 fully saturated rings. The van der Waals surface area contributed by atoms with E-state index in [0.717, 1.165) is 0 Å². The second-order valence-corrected chi connectivity index (χ2v) is 5.20. The van der Waals surface area contributed by atoms with Crippen LogP contribution in [0.25, 0.3) is 0 Å². The van der Waals surface area contributed by atoms with Crippen molar-refractivity contribution in [1.29, 1.82) is 0 Å². The Kier molecular flexibility index (Phi) is 6.88. The average molecular weight is 292 g/mol. The minimum Gasteiger partial charge on any atom is -0.395 e. The highest BCUT2D eigenvalue weighted by Gasteiger charge is 2.28. The lowest BCUT2D eigenvalue weighted by Crippen LogP contribution is -2.51. The smallest absolute Gasteiger partial charge is 0.251 e. The summed E-state index contributed by atoms with van der Waals surface area (Å²) in [5.74, 6) is -0.452. The summed E-state index contributed by atoms with van der Waals surface area (Å²) in [4.78, 5) is 26.2. The molecule has 0 aliphatic carbocycles. The highest BCUT2D eigenvalue weighted by Crippen LogP contribution is 2.08. The third kappa shape index (κ3) is 4.86. The fourth-order valence-corrected chi connectivity index (χ4v) is 2.07. The molecule has 0 bridgehead atoms. The largest absolute Gasteiger partial charge is 0.395 e. The number of carbonyl (C=O) groups excluding carboxylic acids is 2. The van der Waals surface area contributed by atoms with Crippen molar-refractivity contribution in [3.8, 4) is 0 Å². The molecule has 1 aromatic carbocycles. The summed E-state index contributed by atoms with van der Waals surface area (Å²) in [7, 11) is 0. The summed E-state index contributed by atoms with van der Waals surface area (Å²) in [6.45, 7) is 6.33. The number of benzene rings is 1. The molecule has 0 spiro atoms. The van der Waals surface area contributed by atoms with Crippen molar-refractivity contribution in [2.45, 2.75) is 26.8 Å². The molecule has 1 aromatic rings. The highest BCUT2D eigenvalue weighted by atomic mass is 16.3. The van der Waals surface area contributed by atoms with Gasteiger partial charge in [0.1, 0.15) is 6.04 Å². The molecule has 2 N–H and O–H groups in total.